The van der Waals surface area contributed by atoms with Crippen LogP contribution in [0.25, 0.3) is 0 Å². The molecule has 2 rings (SSSR count). The highest BCUT2D eigenvalue weighted by Gasteiger charge is 2.44. The number of thioether (sulfide) groups is 1. The molecule has 0 spiro atoms. The van der Waals surface area contributed by atoms with Crippen molar-refractivity contribution in [2.75, 3.05) is 18.8 Å². The summed E-state index contributed by atoms with van der Waals surface area (Å²) in [4.78, 5) is 41.0. The van der Waals surface area contributed by atoms with E-state index in [4.69, 9.17) is 10.5 Å². The summed E-state index contributed by atoms with van der Waals surface area (Å²) in [5.41, 5.74) is 5.99. The second-order valence-corrected chi connectivity index (χ2v) is 12.7. The molecule has 2 unspecified atom stereocenters. The van der Waals surface area contributed by atoms with Crippen LogP contribution in [-0.2, 0) is 14.3 Å². The number of hydrogen-bond donors (Lipinski definition) is 3. The van der Waals surface area contributed by atoms with E-state index in [0.29, 0.717) is 31.3 Å². The van der Waals surface area contributed by atoms with Gasteiger partial charge in [0.15, 0.2) is 0 Å². The molecule has 8 nitrogen and oxygen atoms in total. The van der Waals surface area contributed by atoms with E-state index in [2.05, 4.69) is 24.5 Å². The van der Waals surface area contributed by atoms with E-state index in [1.807, 2.05) is 13.8 Å². The van der Waals surface area contributed by atoms with E-state index >= 15 is 0 Å². The van der Waals surface area contributed by atoms with Crippen molar-refractivity contribution < 1.29 is 19.1 Å². The fraction of sp³-hybridized carbons (Fsp3) is 0.880. The molecule has 0 aromatic rings. The van der Waals surface area contributed by atoms with Gasteiger partial charge < -0.3 is 26.0 Å². The predicted molar refractivity (Wildman–Crippen MR) is 138 cm³/mol. The molecule has 9 heteroatoms. The molecule has 3 amide bonds. The summed E-state index contributed by atoms with van der Waals surface area (Å²) in [6.07, 6.45) is 4.56. The summed E-state index contributed by atoms with van der Waals surface area (Å²) in [6, 6.07) is -1.02. The van der Waals surface area contributed by atoms with Crippen LogP contribution in [0, 0.1) is 11.8 Å². The number of nitrogens with zero attached hydrogens (tertiary/aromatic N) is 1. The molecule has 1 aliphatic heterocycles. The second kappa shape index (κ2) is 13.0. The van der Waals surface area contributed by atoms with Gasteiger partial charge in [-0.3, -0.25) is 9.59 Å². The Bertz CT molecular complexity index is 692. The molecule has 196 valence electrons. The third-order valence-electron chi connectivity index (χ3n) is 6.63. The largest absolute Gasteiger partial charge is 0.447 e. The highest BCUT2D eigenvalue weighted by atomic mass is 32.2. The Balaban J connectivity index is 2.09. The molecule has 34 heavy (non-hydrogen) atoms. The lowest BCUT2D eigenvalue weighted by atomic mass is 9.86. The zero-order chi connectivity index (χ0) is 25.5. The average Bonchev–Trinajstić information content (AvgIpc) is 3.24. The minimum atomic E-state index is -0.796. The zero-order valence-corrected chi connectivity index (χ0v) is 22.7. The molecule has 0 aromatic carbocycles. The van der Waals surface area contributed by atoms with Crippen LogP contribution in [0.2, 0.25) is 0 Å². The predicted octanol–water partition coefficient (Wildman–Crippen LogP) is 3.28. The van der Waals surface area contributed by atoms with E-state index in [0.717, 1.165) is 37.9 Å². The first-order valence-electron chi connectivity index (χ1n) is 12.9. The Labute approximate surface area is 209 Å². The first-order valence-corrected chi connectivity index (χ1v) is 13.8. The number of nitrogens with two attached hydrogens (primary N) is 1. The maximum absolute atomic E-state index is 13.8. The quantitative estimate of drug-likeness (QED) is 0.426. The van der Waals surface area contributed by atoms with Gasteiger partial charge in [0.05, 0.1) is 6.10 Å². The van der Waals surface area contributed by atoms with Crippen LogP contribution in [-0.4, -0.2) is 70.6 Å². The molecule has 2 aliphatic rings. The molecule has 0 aromatic heterocycles. The van der Waals surface area contributed by atoms with Gasteiger partial charge >= 0.3 is 6.09 Å². The van der Waals surface area contributed by atoms with Gasteiger partial charge in [0.2, 0.25) is 11.8 Å². The highest BCUT2D eigenvalue weighted by Crippen LogP contribution is 2.33. The number of nitrogens with one attached hydrogen (secondary N) is 2. The Kier molecular flexibility index (Phi) is 11.0. The van der Waals surface area contributed by atoms with E-state index in [9.17, 15) is 14.4 Å². The van der Waals surface area contributed by atoms with Crippen molar-refractivity contribution in [2.45, 2.75) is 109 Å². The molecule has 1 heterocycles. The minimum Gasteiger partial charge on any atom is -0.447 e. The smallest absolute Gasteiger partial charge is 0.408 e. The molecule has 0 bridgehead atoms. The summed E-state index contributed by atoms with van der Waals surface area (Å²) >= 11 is 1.65. The van der Waals surface area contributed by atoms with Gasteiger partial charge in [-0.05, 0) is 83.8 Å². The Morgan fingerprint density at radius 3 is 2.32 bits per heavy atom. The van der Waals surface area contributed by atoms with Gasteiger partial charge in [-0.25, -0.2) is 4.79 Å². The maximum atomic E-state index is 13.8. The monoisotopic (exact) mass is 498 g/mol. The van der Waals surface area contributed by atoms with E-state index in [-0.39, 0.29) is 24.0 Å². The maximum Gasteiger partial charge on any atom is 0.408 e. The van der Waals surface area contributed by atoms with Crippen LogP contribution in [0.1, 0.15) is 80.1 Å². The van der Waals surface area contributed by atoms with Crippen LogP contribution in [0.15, 0.2) is 0 Å². The van der Waals surface area contributed by atoms with Crippen molar-refractivity contribution in [3.8, 4) is 0 Å². The number of alkyl carbamates (subject to hydrolysis) is 1. The third kappa shape index (κ3) is 8.63. The van der Waals surface area contributed by atoms with Crippen molar-refractivity contribution in [3.05, 3.63) is 0 Å². The summed E-state index contributed by atoms with van der Waals surface area (Å²) in [7, 11) is 0. The van der Waals surface area contributed by atoms with Gasteiger partial charge in [0.1, 0.15) is 12.1 Å². The first kappa shape index (κ1) is 28.8. The topological polar surface area (TPSA) is 114 Å². The van der Waals surface area contributed by atoms with Gasteiger partial charge in [-0.2, -0.15) is 11.8 Å². The van der Waals surface area contributed by atoms with Crippen molar-refractivity contribution in [1.29, 1.82) is 0 Å². The Morgan fingerprint density at radius 1 is 1.09 bits per heavy atom. The lowest BCUT2D eigenvalue weighted by Crippen LogP contribution is -2.60. The average molecular weight is 499 g/mol. The van der Waals surface area contributed by atoms with Crippen LogP contribution in [0.3, 0.4) is 0 Å². The lowest BCUT2D eigenvalue weighted by Gasteiger charge is -2.37. The van der Waals surface area contributed by atoms with Gasteiger partial charge in [-0.15, -0.1) is 0 Å². The fourth-order valence-electron chi connectivity index (χ4n) is 4.59. The van der Waals surface area contributed by atoms with E-state index in [1.165, 1.54) is 0 Å². The number of hydrogen-bond acceptors (Lipinski definition) is 6. The minimum absolute atomic E-state index is 0.100. The van der Waals surface area contributed by atoms with E-state index in [1.54, 1.807) is 30.5 Å². The number of rotatable bonds is 10. The fourth-order valence-corrected chi connectivity index (χ4v) is 5.68. The molecule has 4 N–H and O–H groups in total. The summed E-state index contributed by atoms with van der Waals surface area (Å²) in [5.74, 6) is 1.43. The van der Waals surface area contributed by atoms with Crippen molar-refractivity contribution in [2.24, 2.45) is 17.6 Å². The van der Waals surface area contributed by atoms with Crippen molar-refractivity contribution in [3.63, 3.8) is 0 Å². The molecular weight excluding hydrogens is 452 g/mol. The molecule has 2 atom stereocenters. The van der Waals surface area contributed by atoms with Gasteiger partial charge in [0, 0.05) is 23.9 Å². The molecule has 1 aliphatic carbocycles. The van der Waals surface area contributed by atoms with Crippen LogP contribution < -0.4 is 16.4 Å². The molecule has 1 saturated heterocycles. The van der Waals surface area contributed by atoms with Crippen LogP contribution >= 0.6 is 11.8 Å². The zero-order valence-electron chi connectivity index (χ0n) is 21.9. The number of carbonyl (C=O) groups is 3. The SMILES string of the molecule is CC(C)CSC(C)(C)C(NC(=O)OC(C)C)C(=O)N1CCCC1C(=O)NCC1CCC(N)CC1. The van der Waals surface area contributed by atoms with Crippen LogP contribution in [0.5, 0.6) is 0 Å². The number of ether oxygens (including phenoxy) is 1. The Morgan fingerprint density at radius 2 is 1.74 bits per heavy atom. The second-order valence-electron chi connectivity index (χ2n) is 11.1. The summed E-state index contributed by atoms with van der Waals surface area (Å²) in [6.45, 7) is 12.9. The molecular formula is C25H46N4O4S. The van der Waals surface area contributed by atoms with Gasteiger partial charge in [-0.1, -0.05) is 13.8 Å². The highest BCUT2D eigenvalue weighted by molar-refractivity contribution is 8.00. The summed E-state index contributed by atoms with van der Waals surface area (Å²) in [5, 5.41) is 5.91. The first-order chi connectivity index (χ1) is 15.9. The van der Waals surface area contributed by atoms with Crippen molar-refractivity contribution in [1.82, 2.24) is 15.5 Å². The molecule has 0 radical (unpaired) electrons. The number of amides is 3. The molecule has 2 fully saturated rings. The normalized spacial score (nSPS) is 24.3. The van der Waals surface area contributed by atoms with E-state index < -0.39 is 22.9 Å². The number of carbonyl (C=O) groups excluding carboxylic acids is 3. The van der Waals surface area contributed by atoms with Gasteiger partial charge in [0.25, 0.3) is 0 Å². The summed E-state index contributed by atoms with van der Waals surface area (Å²) < 4.78 is 4.72. The standard InChI is InChI=1S/C25H46N4O4S/c1-16(2)15-34-25(5,6)21(28-24(32)33-17(3)4)23(31)29-13-7-8-20(29)22(30)27-14-18-9-11-19(26)12-10-18/h16-21H,7-15,26H2,1-6H3,(H,27,30)(H,28,32). The Hall–Kier alpha value is -1.48. The van der Waals surface area contributed by atoms with Crippen LogP contribution in [0.4, 0.5) is 4.79 Å². The molecule has 1 saturated carbocycles. The lowest BCUT2D eigenvalue weighted by molar-refractivity contribution is -0.140. The number of likely N-dealkylation sites (tertiary alicyclic amines) is 1. The van der Waals surface area contributed by atoms with Crippen molar-refractivity contribution >= 4 is 29.7 Å². The third-order valence-corrected chi connectivity index (χ3v) is 8.44.